The van der Waals surface area contributed by atoms with Gasteiger partial charge in [-0.15, -0.1) is 0 Å². The molecule has 0 spiro atoms. The van der Waals surface area contributed by atoms with Crippen molar-refractivity contribution >= 4 is 11.4 Å². The Bertz CT molecular complexity index is 713. The number of hydrogen-bond acceptors (Lipinski definition) is 5. The van der Waals surface area contributed by atoms with Crippen molar-refractivity contribution in [1.29, 1.82) is 0 Å². The third-order valence-corrected chi connectivity index (χ3v) is 4.18. The van der Waals surface area contributed by atoms with E-state index < -0.39 is 0 Å². The number of benzene rings is 2. The zero-order chi connectivity index (χ0) is 17.9. The van der Waals surface area contributed by atoms with E-state index in [1.165, 1.54) is 0 Å². The van der Waals surface area contributed by atoms with Gasteiger partial charge in [0, 0.05) is 12.2 Å². The second-order valence-corrected chi connectivity index (χ2v) is 6.89. The van der Waals surface area contributed by atoms with Crippen molar-refractivity contribution in [3.8, 4) is 17.2 Å². The minimum absolute atomic E-state index is 0.222. The number of nitrogens with zero attached hydrogens (tertiary/aromatic N) is 1. The molecule has 25 heavy (non-hydrogen) atoms. The summed E-state index contributed by atoms with van der Waals surface area (Å²) in [4.78, 5) is 2.33. The molecule has 0 saturated heterocycles. The molecule has 0 saturated carbocycles. The van der Waals surface area contributed by atoms with Gasteiger partial charge in [0.15, 0.2) is 0 Å². The van der Waals surface area contributed by atoms with Crippen LogP contribution in [-0.2, 0) is 0 Å². The van der Waals surface area contributed by atoms with Crippen LogP contribution < -0.4 is 24.8 Å². The van der Waals surface area contributed by atoms with Crippen LogP contribution in [0.2, 0.25) is 0 Å². The SMILES string of the molecule is COc1ccc(OCCCN2CC(C)(C)Oc3ccc(N)cc32)cc1. The number of nitrogen functional groups attached to an aromatic ring is 1. The summed E-state index contributed by atoms with van der Waals surface area (Å²) in [6.45, 7) is 6.58. The molecule has 1 aliphatic heterocycles. The Kier molecular flexibility index (Phi) is 4.93. The molecule has 134 valence electrons. The van der Waals surface area contributed by atoms with Gasteiger partial charge in [0.2, 0.25) is 0 Å². The van der Waals surface area contributed by atoms with E-state index in [0.717, 1.165) is 48.1 Å². The summed E-state index contributed by atoms with van der Waals surface area (Å²) < 4.78 is 17.0. The maximum atomic E-state index is 6.06. The van der Waals surface area contributed by atoms with Crippen LogP contribution in [0.25, 0.3) is 0 Å². The van der Waals surface area contributed by atoms with Gasteiger partial charge in [-0.25, -0.2) is 0 Å². The molecule has 0 unspecified atom stereocenters. The molecule has 5 heteroatoms. The van der Waals surface area contributed by atoms with E-state index in [9.17, 15) is 0 Å². The van der Waals surface area contributed by atoms with Gasteiger partial charge in [-0.1, -0.05) is 0 Å². The lowest BCUT2D eigenvalue weighted by molar-refractivity contribution is 0.104. The standard InChI is InChI=1S/C20H26N2O3/c1-20(2)14-22(18-13-15(21)5-10-19(18)25-20)11-4-12-24-17-8-6-16(23-3)7-9-17/h5-10,13H,4,11-12,14,21H2,1-3H3. The number of ether oxygens (including phenoxy) is 3. The number of fused-ring (bicyclic) bond motifs is 1. The molecular weight excluding hydrogens is 316 g/mol. The summed E-state index contributed by atoms with van der Waals surface area (Å²) in [5, 5.41) is 0. The average Bonchev–Trinajstić information content (AvgIpc) is 2.59. The van der Waals surface area contributed by atoms with E-state index in [-0.39, 0.29) is 5.60 Å². The van der Waals surface area contributed by atoms with Crippen molar-refractivity contribution in [2.45, 2.75) is 25.9 Å². The Morgan fingerprint density at radius 1 is 1.12 bits per heavy atom. The summed E-state index contributed by atoms with van der Waals surface area (Å²) in [7, 11) is 1.66. The van der Waals surface area contributed by atoms with Crippen molar-refractivity contribution < 1.29 is 14.2 Å². The third-order valence-electron chi connectivity index (χ3n) is 4.18. The summed E-state index contributed by atoms with van der Waals surface area (Å²) >= 11 is 0. The molecule has 0 fully saturated rings. The summed E-state index contributed by atoms with van der Waals surface area (Å²) in [5.41, 5.74) is 7.54. The Morgan fingerprint density at radius 3 is 2.56 bits per heavy atom. The highest BCUT2D eigenvalue weighted by Gasteiger charge is 2.31. The summed E-state index contributed by atoms with van der Waals surface area (Å²) in [6.07, 6.45) is 0.913. The van der Waals surface area contributed by atoms with Gasteiger partial charge in [-0.2, -0.15) is 0 Å². The van der Waals surface area contributed by atoms with Crippen LogP contribution in [0.5, 0.6) is 17.2 Å². The zero-order valence-corrected chi connectivity index (χ0v) is 15.1. The second kappa shape index (κ2) is 7.13. The van der Waals surface area contributed by atoms with Crippen LogP contribution in [0.4, 0.5) is 11.4 Å². The normalized spacial score (nSPS) is 15.2. The maximum absolute atomic E-state index is 6.06. The van der Waals surface area contributed by atoms with Crippen LogP contribution in [0.15, 0.2) is 42.5 Å². The molecule has 1 heterocycles. The fourth-order valence-electron chi connectivity index (χ4n) is 3.06. The Balaban J connectivity index is 1.58. The Morgan fingerprint density at radius 2 is 1.84 bits per heavy atom. The minimum Gasteiger partial charge on any atom is -0.497 e. The van der Waals surface area contributed by atoms with Crippen molar-refractivity contribution in [1.82, 2.24) is 0 Å². The second-order valence-electron chi connectivity index (χ2n) is 6.89. The largest absolute Gasteiger partial charge is 0.497 e. The van der Waals surface area contributed by atoms with Gasteiger partial charge in [-0.05, 0) is 62.7 Å². The van der Waals surface area contributed by atoms with Crippen LogP contribution in [0, 0.1) is 0 Å². The number of methoxy groups -OCH3 is 1. The van der Waals surface area contributed by atoms with Gasteiger partial charge in [0.1, 0.15) is 22.8 Å². The smallest absolute Gasteiger partial charge is 0.143 e. The summed E-state index contributed by atoms with van der Waals surface area (Å²) in [6, 6.07) is 13.5. The molecule has 2 aromatic rings. The van der Waals surface area contributed by atoms with Crippen molar-refractivity contribution in [2.24, 2.45) is 0 Å². The number of hydrogen-bond donors (Lipinski definition) is 1. The number of rotatable bonds is 6. The monoisotopic (exact) mass is 342 g/mol. The lowest BCUT2D eigenvalue weighted by atomic mass is 10.0. The van der Waals surface area contributed by atoms with E-state index >= 15 is 0 Å². The lowest BCUT2D eigenvalue weighted by Crippen LogP contribution is -2.47. The molecule has 0 amide bonds. The van der Waals surface area contributed by atoms with E-state index in [0.29, 0.717) is 6.61 Å². The van der Waals surface area contributed by atoms with Crippen LogP contribution >= 0.6 is 0 Å². The minimum atomic E-state index is -0.222. The van der Waals surface area contributed by atoms with Gasteiger partial charge in [-0.3, -0.25) is 0 Å². The number of anilines is 2. The number of nitrogens with two attached hydrogens (primary N) is 1. The van der Waals surface area contributed by atoms with Crippen molar-refractivity contribution in [3.63, 3.8) is 0 Å². The first kappa shape index (κ1) is 17.3. The first-order chi connectivity index (χ1) is 12.0. The molecule has 3 rings (SSSR count). The molecule has 5 nitrogen and oxygen atoms in total. The molecule has 0 aromatic heterocycles. The lowest BCUT2D eigenvalue weighted by Gasteiger charge is -2.41. The van der Waals surface area contributed by atoms with E-state index in [4.69, 9.17) is 19.9 Å². The molecular formula is C20H26N2O3. The van der Waals surface area contributed by atoms with E-state index in [2.05, 4.69) is 18.7 Å². The molecule has 0 atom stereocenters. The van der Waals surface area contributed by atoms with E-state index in [1.54, 1.807) is 7.11 Å². The topological polar surface area (TPSA) is 57.0 Å². The van der Waals surface area contributed by atoms with Crippen molar-refractivity contribution in [3.05, 3.63) is 42.5 Å². The Labute approximate surface area is 149 Å². The van der Waals surface area contributed by atoms with Gasteiger partial charge < -0.3 is 24.8 Å². The van der Waals surface area contributed by atoms with Crippen LogP contribution in [0.3, 0.4) is 0 Å². The van der Waals surface area contributed by atoms with Gasteiger partial charge in [0.25, 0.3) is 0 Å². The van der Waals surface area contributed by atoms with Gasteiger partial charge >= 0.3 is 0 Å². The molecule has 1 aliphatic rings. The van der Waals surface area contributed by atoms with Gasteiger partial charge in [0.05, 0.1) is 25.9 Å². The molecule has 2 N–H and O–H groups in total. The average molecular weight is 342 g/mol. The highest BCUT2D eigenvalue weighted by Crippen LogP contribution is 2.38. The third kappa shape index (κ3) is 4.29. The maximum Gasteiger partial charge on any atom is 0.143 e. The first-order valence-corrected chi connectivity index (χ1v) is 8.57. The Hall–Kier alpha value is -2.56. The summed E-state index contributed by atoms with van der Waals surface area (Å²) in [5.74, 6) is 2.58. The fourth-order valence-corrected chi connectivity index (χ4v) is 3.06. The molecule has 0 aliphatic carbocycles. The highest BCUT2D eigenvalue weighted by molar-refractivity contribution is 5.66. The van der Waals surface area contributed by atoms with Crippen LogP contribution in [0.1, 0.15) is 20.3 Å². The zero-order valence-electron chi connectivity index (χ0n) is 15.1. The molecule has 0 bridgehead atoms. The fraction of sp³-hybridized carbons (Fsp3) is 0.400. The predicted octanol–water partition coefficient (Wildman–Crippen LogP) is 3.72. The highest BCUT2D eigenvalue weighted by atomic mass is 16.5. The predicted molar refractivity (Wildman–Crippen MR) is 101 cm³/mol. The molecule has 0 radical (unpaired) electrons. The first-order valence-electron chi connectivity index (χ1n) is 8.57. The van der Waals surface area contributed by atoms with Crippen molar-refractivity contribution in [2.75, 3.05) is 37.4 Å². The van der Waals surface area contributed by atoms with E-state index in [1.807, 2.05) is 42.5 Å². The quantitative estimate of drug-likeness (QED) is 0.640. The van der Waals surface area contributed by atoms with Crippen LogP contribution in [-0.4, -0.2) is 32.4 Å². The molecule has 2 aromatic carbocycles.